The van der Waals surface area contributed by atoms with Crippen LogP contribution in [0, 0.1) is 0 Å². The van der Waals surface area contributed by atoms with E-state index in [1.165, 1.54) is 22.3 Å². The number of hydrogen-bond acceptors (Lipinski definition) is 2. The highest BCUT2D eigenvalue weighted by Gasteiger charge is 2.17. The maximum Gasteiger partial charge on any atom is 0.118 e. The van der Waals surface area contributed by atoms with E-state index in [2.05, 4.69) is 135 Å². The van der Waals surface area contributed by atoms with E-state index in [4.69, 9.17) is 9.47 Å². The Balaban J connectivity index is 1.64. The number of hydrogen-bond donors (Lipinski definition) is 0. The van der Waals surface area contributed by atoms with Crippen LogP contribution in [0.2, 0.25) is 0 Å². The minimum Gasteiger partial charge on any atom is -0.497 e. The second-order valence-corrected chi connectivity index (χ2v) is 10.6. The van der Waals surface area contributed by atoms with Crippen molar-refractivity contribution in [1.82, 2.24) is 0 Å². The molecule has 0 saturated heterocycles. The monoisotopic (exact) mass is 576 g/mol. The van der Waals surface area contributed by atoms with Gasteiger partial charge in [0.25, 0.3) is 0 Å². The van der Waals surface area contributed by atoms with E-state index in [9.17, 15) is 0 Å². The highest BCUT2D eigenvalue weighted by molar-refractivity contribution is 6.04. The molecule has 0 atom stereocenters. The summed E-state index contributed by atoms with van der Waals surface area (Å²) in [5, 5.41) is 0. The molecule has 0 amide bonds. The molecular formula is C42H40O2. The fourth-order valence-corrected chi connectivity index (χ4v) is 5.64. The Hall–Kier alpha value is -5.08. The Labute approximate surface area is 262 Å². The molecule has 0 fully saturated rings. The van der Waals surface area contributed by atoms with E-state index in [1.54, 1.807) is 14.2 Å². The number of allylic oxidation sites excluding steroid dienone is 3. The van der Waals surface area contributed by atoms with Crippen molar-refractivity contribution in [1.29, 1.82) is 0 Å². The molecule has 0 aromatic heterocycles. The zero-order valence-electron chi connectivity index (χ0n) is 26.1. The Bertz CT molecular complexity index is 1670. The van der Waals surface area contributed by atoms with E-state index in [-0.39, 0.29) is 0 Å². The normalized spacial score (nSPS) is 10.8. The largest absolute Gasteiger partial charge is 0.497 e. The molecule has 5 aromatic rings. The Morgan fingerprint density at radius 3 is 1.27 bits per heavy atom. The standard InChI is InChI=1S/C42H40O2/c1-5-32(6-2)40(33-13-9-7-10-14-33)30-19-31-17-20-35(21-18-31)41(34-15-11-8-12-16-34)42(36-22-26-38(43-3)27-23-36)37-24-28-39(44-4)29-25-37/h7-30H,5-6H2,1-4H3/b30-19+. The number of benzene rings is 5. The van der Waals surface area contributed by atoms with Crippen LogP contribution >= 0.6 is 0 Å². The van der Waals surface area contributed by atoms with E-state index in [1.807, 2.05) is 24.3 Å². The predicted molar refractivity (Wildman–Crippen MR) is 187 cm³/mol. The van der Waals surface area contributed by atoms with Crippen molar-refractivity contribution in [2.24, 2.45) is 0 Å². The third-order valence-electron chi connectivity index (χ3n) is 8.03. The van der Waals surface area contributed by atoms with Gasteiger partial charge in [-0.15, -0.1) is 0 Å². The van der Waals surface area contributed by atoms with Crippen molar-refractivity contribution in [2.45, 2.75) is 26.7 Å². The van der Waals surface area contributed by atoms with Crippen molar-refractivity contribution in [3.63, 3.8) is 0 Å². The minimum atomic E-state index is 0.832. The average molecular weight is 577 g/mol. The van der Waals surface area contributed by atoms with Gasteiger partial charge in [0.2, 0.25) is 0 Å². The van der Waals surface area contributed by atoms with Crippen molar-refractivity contribution in [2.75, 3.05) is 14.2 Å². The highest BCUT2D eigenvalue weighted by atomic mass is 16.5. The summed E-state index contributed by atoms with van der Waals surface area (Å²) in [5.41, 5.74) is 12.0. The van der Waals surface area contributed by atoms with Gasteiger partial charge in [-0.25, -0.2) is 0 Å². The van der Waals surface area contributed by atoms with E-state index < -0.39 is 0 Å². The van der Waals surface area contributed by atoms with Gasteiger partial charge in [-0.1, -0.05) is 141 Å². The third-order valence-corrected chi connectivity index (χ3v) is 8.03. The fourth-order valence-electron chi connectivity index (χ4n) is 5.64. The minimum absolute atomic E-state index is 0.832. The van der Waals surface area contributed by atoms with E-state index in [0.717, 1.165) is 57.7 Å². The van der Waals surface area contributed by atoms with Crippen molar-refractivity contribution >= 4 is 22.8 Å². The van der Waals surface area contributed by atoms with Crippen LogP contribution < -0.4 is 9.47 Å². The van der Waals surface area contributed by atoms with Gasteiger partial charge in [0, 0.05) is 0 Å². The van der Waals surface area contributed by atoms with Crippen LogP contribution in [0.5, 0.6) is 11.5 Å². The maximum atomic E-state index is 5.48. The van der Waals surface area contributed by atoms with Gasteiger partial charge in [0.15, 0.2) is 0 Å². The average Bonchev–Trinajstić information content (AvgIpc) is 3.10. The second-order valence-electron chi connectivity index (χ2n) is 10.6. The van der Waals surface area contributed by atoms with Gasteiger partial charge in [0.1, 0.15) is 11.5 Å². The molecule has 44 heavy (non-hydrogen) atoms. The smallest absolute Gasteiger partial charge is 0.118 e. The highest BCUT2D eigenvalue weighted by Crippen LogP contribution is 2.38. The van der Waals surface area contributed by atoms with Gasteiger partial charge >= 0.3 is 0 Å². The van der Waals surface area contributed by atoms with E-state index in [0.29, 0.717) is 0 Å². The molecule has 5 rings (SSSR count). The van der Waals surface area contributed by atoms with E-state index >= 15 is 0 Å². The molecule has 0 saturated carbocycles. The molecule has 0 bridgehead atoms. The Kier molecular flexibility index (Phi) is 10.3. The summed E-state index contributed by atoms with van der Waals surface area (Å²) < 4.78 is 11.0. The van der Waals surface area contributed by atoms with Crippen molar-refractivity contribution in [3.05, 3.63) is 178 Å². The molecule has 0 unspecified atom stereocenters. The van der Waals surface area contributed by atoms with Crippen LogP contribution in [0.15, 0.2) is 145 Å². The molecule has 2 heteroatoms. The van der Waals surface area contributed by atoms with Crippen LogP contribution in [0.3, 0.4) is 0 Å². The summed E-state index contributed by atoms with van der Waals surface area (Å²) in [4.78, 5) is 0. The van der Waals surface area contributed by atoms with Gasteiger partial charge in [-0.2, -0.15) is 0 Å². The third kappa shape index (κ3) is 7.10. The summed E-state index contributed by atoms with van der Waals surface area (Å²) >= 11 is 0. The number of ether oxygens (including phenoxy) is 2. The predicted octanol–water partition coefficient (Wildman–Crippen LogP) is 11.0. The van der Waals surface area contributed by atoms with Crippen molar-refractivity contribution in [3.8, 4) is 11.5 Å². The molecule has 220 valence electrons. The lowest BCUT2D eigenvalue weighted by molar-refractivity contribution is 0.414. The zero-order chi connectivity index (χ0) is 30.7. The SMILES string of the molecule is CCC(CC)=C(/C=C/c1ccc(C(=C(c2ccc(OC)cc2)c2ccc(OC)cc2)c2ccccc2)cc1)c1ccccc1. The second kappa shape index (κ2) is 14.9. The van der Waals surface area contributed by atoms with Gasteiger partial charge in [0.05, 0.1) is 14.2 Å². The van der Waals surface area contributed by atoms with Crippen molar-refractivity contribution < 1.29 is 9.47 Å². The van der Waals surface area contributed by atoms with Crippen LogP contribution in [-0.4, -0.2) is 14.2 Å². The Morgan fingerprint density at radius 1 is 0.477 bits per heavy atom. The summed E-state index contributed by atoms with van der Waals surface area (Å²) in [5.74, 6) is 1.66. The number of rotatable bonds is 11. The molecular weight excluding hydrogens is 536 g/mol. The fraction of sp³-hybridized carbons (Fsp3) is 0.143. The Morgan fingerprint density at radius 2 is 0.864 bits per heavy atom. The molecule has 0 spiro atoms. The molecule has 0 aliphatic carbocycles. The molecule has 0 aliphatic rings. The van der Waals surface area contributed by atoms with Gasteiger partial charge in [-0.05, 0) is 87.2 Å². The molecule has 5 aromatic carbocycles. The summed E-state index contributed by atoms with van der Waals surface area (Å²) in [6.07, 6.45) is 6.58. The maximum absolute atomic E-state index is 5.48. The first-order chi connectivity index (χ1) is 21.6. The van der Waals surface area contributed by atoms with Gasteiger partial charge in [-0.3, -0.25) is 0 Å². The molecule has 0 radical (unpaired) electrons. The summed E-state index contributed by atoms with van der Waals surface area (Å²) in [7, 11) is 3.40. The van der Waals surface area contributed by atoms with Crippen LogP contribution in [0.1, 0.15) is 60.1 Å². The summed E-state index contributed by atoms with van der Waals surface area (Å²) in [6, 6.07) is 46.9. The lowest BCUT2D eigenvalue weighted by atomic mass is 9.85. The first kappa shape index (κ1) is 30.4. The van der Waals surface area contributed by atoms with Crippen LogP contribution in [0.25, 0.3) is 22.8 Å². The van der Waals surface area contributed by atoms with Crippen LogP contribution in [-0.2, 0) is 0 Å². The molecule has 0 aliphatic heterocycles. The van der Waals surface area contributed by atoms with Gasteiger partial charge < -0.3 is 9.47 Å². The van der Waals surface area contributed by atoms with Crippen LogP contribution in [0.4, 0.5) is 0 Å². The number of methoxy groups -OCH3 is 2. The lowest BCUT2D eigenvalue weighted by Crippen LogP contribution is -1.98. The first-order valence-electron chi connectivity index (χ1n) is 15.3. The molecule has 0 N–H and O–H groups in total. The summed E-state index contributed by atoms with van der Waals surface area (Å²) in [6.45, 7) is 4.48. The molecule has 2 nitrogen and oxygen atoms in total. The molecule has 0 heterocycles. The first-order valence-corrected chi connectivity index (χ1v) is 15.3. The topological polar surface area (TPSA) is 18.5 Å². The zero-order valence-corrected chi connectivity index (χ0v) is 26.1. The quantitative estimate of drug-likeness (QED) is 0.115. The lowest BCUT2D eigenvalue weighted by Gasteiger charge is -2.19.